The molecule has 0 saturated carbocycles. The summed E-state index contributed by atoms with van der Waals surface area (Å²) in [5.41, 5.74) is 0.928. The van der Waals surface area contributed by atoms with E-state index >= 15 is 0 Å². The van der Waals surface area contributed by atoms with Crippen LogP contribution in [0.1, 0.15) is 16.6 Å². The Morgan fingerprint density at radius 3 is 3.04 bits per heavy atom. The van der Waals surface area contributed by atoms with Crippen molar-refractivity contribution in [3.63, 3.8) is 0 Å². The molecule has 1 aliphatic rings. The molecular formula is C16H20N6OS. The molecule has 0 spiro atoms. The molecule has 3 aromatic rings. The summed E-state index contributed by atoms with van der Waals surface area (Å²) >= 11 is 1.80. The minimum atomic E-state index is 0.320. The van der Waals surface area contributed by atoms with Gasteiger partial charge < -0.3 is 10.1 Å². The van der Waals surface area contributed by atoms with Gasteiger partial charge in [-0.15, -0.1) is 11.3 Å². The molecule has 1 aliphatic heterocycles. The molecule has 3 aromatic heterocycles. The van der Waals surface area contributed by atoms with Crippen molar-refractivity contribution < 1.29 is 4.74 Å². The lowest BCUT2D eigenvalue weighted by Crippen LogP contribution is -2.41. The zero-order chi connectivity index (χ0) is 16.4. The van der Waals surface area contributed by atoms with Crippen LogP contribution in [0, 0.1) is 6.92 Å². The second-order valence-corrected chi connectivity index (χ2v) is 6.79. The zero-order valence-corrected chi connectivity index (χ0v) is 14.4. The summed E-state index contributed by atoms with van der Waals surface area (Å²) in [6, 6.07) is 6.64. The normalized spacial score (nSPS) is 17.2. The lowest BCUT2D eigenvalue weighted by molar-refractivity contribution is 0.0194. The molecule has 7 nitrogen and oxygen atoms in total. The van der Waals surface area contributed by atoms with Crippen molar-refractivity contribution in [3.05, 3.63) is 40.5 Å². The number of nitrogens with one attached hydrogen (secondary N) is 1. The third-order valence-electron chi connectivity index (χ3n) is 4.21. The first-order valence-electron chi connectivity index (χ1n) is 8.08. The topological polar surface area (TPSA) is 67.6 Å². The van der Waals surface area contributed by atoms with Gasteiger partial charge in [-0.3, -0.25) is 4.90 Å². The number of morpholine rings is 1. The van der Waals surface area contributed by atoms with Gasteiger partial charge in [0.15, 0.2) is 0 Å². The number of hydrogen-bond acceptors (Lipinski definition) is 7. The highest BCUT2D eigenvalue weighted by Gasteiger charge is 2.23. The van der Waals surface area contributed by atoms with Gasteiger partial charge in [0, 0.05) is 36.3 Å². The van der Waals surface area contributed by atoms with Crippen molar-refractivity contribution in [2.24, 2.45) is 0 Å². The number of nitrogens with zero attached hydrogens (tertiary/aromatic N) is 5. The highest BCUT2D eigenvalue weighted by atomic mass is 32.1. The van der Waals surface area contributed by atoms with Gasteiger partial charge in [-0.25, -0.2) is 4.98 Å². The maximum atomic E-state index is 5.50. The molecule has 1 saturated heterocycles. The van der Waals surface area contributed by atoms with E-state index in [-0.39, 0.29) is 0 Å². The fraction of sp³-hybridized carbons (Fsp3) is 0.438. The number of aromatic nitrogens is 4. The highest BCUT2D eigenvalue weighted by molar-refractivity contribution is 7.10. The van der Waals surface area contributed by atoms with E-state index in [0.29, 0.717) is 11.8 Å². The van der Waals surface area contributed by atoms with E-state index in [4.69, 9.17) is 4.74 Å². The van der Waals surface area contributed by atoms with Crippen molar-refractivity contribution in [1.82, 2.24) is 24.5 Å². The van der Waals surface area contributed by atoms with Gasteiger partial charge in [-0.2, -0.15) is 14.6 Å². The number of rotatable bonds is 5. The fourth-order valence-electron chi connectivity index (χ4n) is 3.04. The SMILES string of the molecule is Cc1cc(NCC(c2cccs2)N2CCOCC2)n2ncnc2n1. The van der Waals surface area contributed by atoms with Gasteiger partial charge in [-0.1, -0.05) is 6.07 Å². The molecule has 4 rings (SSSR count). The summed E-state index contributed by atoms with van der Waals surface area (Å²) in [6.07, 6.45) is 1.53. The second kappa shape index (κ2) is 6.84. The van der Waals surface area contributed by atoms with Gasteiger partial charge in [0.05, 0.1) is 19.3 Å². The Morgan fingerprint density at radius 2 is 2.25 bits per heavy atom. The van der Waals surface area contributed by atoms with Crippen LogP contribution in [0.4, 0.5) is 5.82 Å². The average Bonchev–Trinajstić information content (AvgIpc) is 3.27. The largest absolute Gasteiger partial charge is 0.379 e. The molecule has 0 amide bonds. The molecule has 1 fully saturated rings. The molecule has 0 aliphatic carbocycles. The Balaban J connectivity index is 1.57. The zero-order valence-electron chi connectivity index (χ0n) is 13.6. The first-order valence-corrected chi connectivity index (χ1v) is 8.96. The van der Waals surface area contributed by atoms with E-state index in [9.17, 15) is 0 Å². The summed E-state index contributed by atoms with van der Waals surface area (Å²) in [5.74, 6) is 1.54. The molecular weight excluding hydrogens is 324 g/mol. The summed E-state index contributed by atoms with van der Waals surface area (Å²) < 4.78 is 7.25. The number of anilines is 1. The number of thiophene rings is 1. The Hall–Kier alpha value is -2.03. The molecule has 1 N–H and O–H groups in total. The van der Waals surface area contributed by atoms with Crippen LogP contribution >= 0.6 is 11.3 Å². The summed E-state index contributed by atoms with van der Waals surface area (Å²) in [5, 5.41) is 9.94. The third kappa shape index (κ3) is 3.12. The molecule has 0 aromatic carbocycles. The summed E-state index contributed by atoms with van der Waals surface area (Å²) in [4.78, 5) is 12.4. The number of hydrogen-bond donors (Lipinski definition) is 1. The molecule has 8 heteroatoms. The van der Waals surface area contributed by atoms with Crippen LogP contribution in [0.15, 0.2) is 29.9 Å². The Bertz CT molecular complexity index is 796. The van der Waals surface area contributed by atoms with E-state index in [1.54, 1.807) is 15.9 Å². The van der Waals surface area contributed by atoms with Gasteiger partial charge >= 0.3 is 0 Å². The van der Waals surface area contributed by atoms with Crippen LogP contribution < -0.4 is 5.32 Å². The van der Waals surface area contributed by atoms with Crippen molar-refractivity contribution in [2.45, 2.75) is 13.0 Å². The fourth-order valence-corrected chi connectivity index (χ4v) is 3.90. The quantitative estimate of drug-likeness (QED) is 0.763. The highest BCUT2D eigenvalue weighted by Crippen LogP contribution is 2.26. The standard InChI is InChI=1S/C16H20N6OS/c1-12-9-15(22-16(20-12)18-11-19-22)17-10-13(14-3-2-8-24-14)21-4-6-23-7-5-21/h2-3,8-9,11,13,17H,4-7,10H2,1H3. The van der Waals surface area contributed by atoms with E-state index in [1.165, 1.54) is 11.2 Å². The van der Waals surface area contributed by atoms with Gasteiger partial charge in [0.2, 0.25) is 0 Å². The molecule has 0 radical (unpaired) electrons. The average molecular weight is 344 g/mol. The maximum absolute atomic E-state index is 5.50. The van der Waals surface area contributed by atoms with Crippen molar-refractivity contribution in [3.8, 4) is 0 Å². The van der Waals surface area contributed by atoms with Crippen LogP contribution in [-0.4, -0.2) is 57.3 Å². The van der Waals surface area contributed by atoms with Crippen molar-refractivity contribution in [2.75, 3.05) is 38.2 Å². The van der Waals surface area contributed by atoms with Crippen LogP contribution in [0.2, 0.25) is 0 Å². The van der Waals surface area contributed by atoms with E-state index in [2.05, 4.69) is 42.8 Å². The predicted octanol–water partition coefficient (Wildman–Crippen LogP) is 1.98. The molecule has 1 unspecified atom stereocenters. The van der Waals surface area contributed by atoms with Gasteiger partial charge in [0.25, 0.3) is 5.78 Å². The minimum absolute atomic E-state index is 0.320. The molecule has 0 bridgehead atoms. The second-order valence-electron chi connectivity index (χ2n) is 5.82. The third-order valence-corrected chi connectivity index (χ3v) is 5.19. The Kier molecular flexibility index (Phi) is 4.42. The van der Waals surface area contributed by atoms with Crippen LogP contribution in [0.25, 0.3) is 5.78 Å². The lowest BCUT2D eigenvalue weighted by Gasteiger charge is -2.34. The van der Waals surface area contributed by atoms with E-state index in [0.717, 1.165) is 44.4 Å². The first kappa shape index (κ1) is 15.5. The summed E-state index contributed by atoms with van der Waals surface area (Å²) in [6.45, 7) is 6.28. The predicted molar refractivity (Wildman–Crippen MR) is 93.5 cm³/mol. The Morgan fingerprint density at radius 1 is 1.38 bits per heavy atom. The number of ether oxygens (including phenoxy) is 1. The van der Waals surface area contributed by atoms with E-state index in [1.807, 2.05) is 13.0 Å². The maximum Gasteiger partial charge on any atom is 0.254 e. The van der Waals surface area contributed by atoms with Crippen molar-refractivity contribution in [1.29, 1.82) is 0 Å². The molecule has 126 valence electrons. The lowest BCUT2D eigenvalue weighted by atomic mass is 10.2. The van der Waals surface area contributed by atoms with Crippen LogP contribution in [0.3, 0.4) is 0 Å². The smallest absolute Gasteiger partial charge is 0.254 e. The number of aryl methyl sites for hydroxylation is 1. The van der Waals surface area contributed by atoms with E-state index < -0.39 is 0 Å². The molecule has 4 heterocycles. The van der Waals surface area contributed by atoms with Gasteiger partial charge in [-0.05, 0) is 18.4 Å². The van der Waals surface area contributed by atoms with Gasteiger partial charge in [0.1, 0.15) is 12.1 Å². The van der Waals surface area contributed by atoms with Crippen molar-refractivity contribution >= 4 is 22.9 Å². The number of fused-ring (bicyclic) bond motifs is 1. The van der Waals surface area contributed by atoms with Crippen LogP contribution in [-0.2, 0) is 4.74 Å². The summed E-state index contributed by atoms with van der Waals surface area (Å²) in [7, 11) is 0. The minimum Gasteiger partial charge on any atom is -0.379 e. The van der Waals surface area contributed by atoms with Crippen LogP contribution in [0.5, 0.6) is 0 Å². The monoisotopic (exact) mass is 344 g/mol. The Labute approximate surface area is 144 Å². The molecule has 1 atom stereocenters. The first-order chi connectivity index (χ1) is 11.8. The molecule has 24 heavy (non-hydrogen) atoms.